The number of allylic oxidation sites excluding steroid dienone is 1. The minimum absolute atomic E-state index is 0.280. The monoisotopic (exact) mass is 290 g/mol. The van der Waals surface area contributed by atoms with Gasteiger partial charge < -0.3 is 4.74 Å². The molecule has 0 aliphatic carbocycles. The summed E-state index contributed by atoms with van der Waals surface area (Å²) in [6.45, 7) is 8.56. The van der Waals surface area contributed by atoms with Crippen LogP contribution >= 0.6 is 11.8 Å². The predicted octanol–water partition coefficient (Wildman–Crippen LogP) is 4.62. The Hall–Kier alpha value is -1.22. The lowest BCUT2D eigenvalue weighted by atomic mass is 9.87. The summed E-state index contributed by atoms with van der Waals surface area (Å²) >= 11 is 2.02. The zero-order chi connectivity index (χ0) is 14.7. The van der Waals surface area contributed by atoms with Crippen molar-refractivity contribution in [2.45, 2.75) is 37.2 Å². The molecule has 1 heterocycles. The van der Waals surface area contributed by atoms with E-state index in [1.54, 1.807) is 0 Å². The van der Waals surface area contributed by atoms with Gasteiger partial charge in [-0.2, -0.15) is 11.8 Å². The average Bonchev–Trinajstić information content (AvgIpc) is 2.46. The van der Waals surface area contributed by atoms with Crippen LogP contribution in [0.1, 0.15) is 47.9 Å². The van der Waals surface area contributed by atoms with E-state index in [1.807, 2.05) is 23.9 Å². The molecule has 1 fully saturated rings. The minimum Gasteiger partial charge on any atom is -0.465 e. The quantitative estimate of drug-likeness (QED) is 0.600. The maximum atomic E-state index is 11.5. The standard InChI is InChI=1S/C17H22O2S/c1-11(2)15-10-5-12(3)20-16(15)13-6-8-14(9-7-13)17(18)19-4/h6-9,12,15-16H,1,5,10H2,2-4H3/t12-,15+,16+/m1/s1. The summed E-state index contributed by atoms with van der Waals surface area (Å²) in [6, 6.07) is 7.82. The summed E-state index contributed by atoms with van der Waals surface area (Å²) in [5.41, 5.74) is 3.14. The van der Waals surface area contributed by atoms with E-state index in [4.69, 9.17) is 4.74 Å². The summed E-state index contributed by atoms with van der Waals surface area (Å²) in [6.07, 6.45) is 2.45. The molecule has 0 spiro atoms. The van der Waals surface area contributed by atoms with E-state index in [-0.39, 0.29) is 5.97 Å². The van der Waals surface area contributed by atoms with Crippen LogP contribution in [-0.4, -0.2) is 18.3 Å². The van der Waals surface area contributed by atoms with E-state index in [1.165, 1.54) is 31.1 Å². The summed E-state index contributed by atoms with van der Waals surface area (Å²) in [5, 5.41) is 1.12. The molecule has 1 aromatic carbocycles. The van der Waals surface area contributed by atoms with Gasteiger partial charge in [0.05, 0.1) is 12.7 Å². The first-order chi connectivity index (χ1) is 9.52. The fourth-order valence-electron chi connectivity index (χ4n) is 2.72. The number of esters is 1. The van der Waals surface area contributed by atoms with Gasteiger partial charge in [-0.15, -0.1) is 0 Å². The third-order valence-electron chi connectivity index (χ3n) is 3.92. The number of benzene rings is 1. The lowest BCUT2D eigenvalue weighted by molar-refractivity contribution is 0.0600. The van der Waals surface area contributed by atoms with Gasteiger partial charge in [0.25, 0.3) is 0 Å². The molecule has 0 N–H and O–H groups in total. The van der Waals surface area contributed by atoms with Crippen LogP contribution in [0.15, 0.2) is 36.4 Å². The van der Waals surface area contributed by atoms with Crippen molar-refractivity contribution in [2.75, 3.05) is 7.11 Å². The van der Waals surface area contributed by atoms with Gasteiger partial charge in [0, 0.05) is 10.5 Å². The number of rotatable bonds is 3. The fraction of sp³-hybridized carbons (Fsp3) is 0.471. The lowest BCUT2D eigenvalue weighted by Crippen LogP contribution is -2.20. The normalized spacial score (nSPS) is 26.1. The van der Waals surface area contributed by atoms with Gasteiger partial charge in [0.1, 0.15) is 0 Å². The van der Waals surface area contributed by atoms with Crippen LogP contribution in [0.5, 0.6) is 0 Å². The Bertz CT molecular complexity index is 492. The summed E-state index contributed by atoms with van der Waals surface area (Å²) in [7, 11) is 1.41. The molecule has 20 heavy (non-hydrogen) atoms. The van der Waals surface area contributed by atoms with Crippen LogP contribution in [0.2, 0.25) is 0 Å². The number of thioether (sulfide) groups is 1. The summed E-state index contributed by atoms with van der Waals surface area (Å²) in [5.74, 6) is 0.248. The van der Waals surface area contributed by atoms with Crippen LogP contribution in [0, 0.1) is 5.92 Å². The van der Waals surface area contributed by atoms with E-state index in [0.29, 0.717) is 22.0 Å². The Labute approximate surface area is 125 Å². The number of hydrogen-bond acceptors (Lipinski definition) is 3. The van der Waals surface area contributed by atoms with Gasteiger partial charge >= 0.3 is 5.97 Å². The number of hydrogen-bond donors (Lipinski definition) is 0. The molecule has 108 valence electrons. The molecule has 2 rings (SSSR count). The first kappa shape index (κ1) is 15.2. The van der Waals surface area contributed by atoms with Crippen LogP contribution in [0.3, 0.4) is 0 Å². The van der Waals surface area contributed by atoms with Crippen LogP contribution in [0.4, 0.5) is 0 Å². The van der Waals surface area contributed by atoms with E-state index < -0.39 is 0 Å². The Kier molecular flexibility index (Phi) is 4.92. The third-order valence-corrected chi connectivity index (χ3v) is 5.52. The lowest BCUT2D eigenvalue weighted by Gasteiger charge is -2.35. The van der Waals surface area contributed by atoms with Crippen LogP contribution < -0.4 is 0 Å². The van der Waals surface area contributed by atoms with Crippen molar-refractivity contribution >= 4 is 17.7 Å². The molecule has 1 saturated heterocycles. The Morgan fingerprint density at radius 3 is 2.50 bits per heavy atom. The van der Waals surface area contributed by atoms with Gasteiger partial charge in [-0.3, -0.25) is 0 Å². The number of carbonyl (C=O) groups is 1. The number of carbonyl (C=O) groups excluding carboxylic acids is 1. The Morgan fingerprint density at radius 2 is 1.95 bits per heavy atom. The molecule has 1 aliphatic rings. The third kappa shape index (κ3) is 3.26. The molecule has 1 aromatic rings. The molecule has 0 aromatic heterocycles. The summed E-state index contributed by atoms with van der Waals surface area (Å²) in [4.78, 5) is 11.5. The van der Waals surface area contributed by atoms with Crippen molar-refractivity contribution in [3.05, 3.63) is 47.5 Å². The van der Waals surface area contributed by atoms with Crippen molar-refractivity contribution in [3.63, 3.8) is 0 Å². The fourth-order valence-corrected chi connectivity index (χ4v) is 4.37. The van der Waals surface area contributed by atoms with Crippen molar-refractivity contribution in [1.82, 2.24) is 0 Å². The first-order valence-electron chi connectivity index (χ1n) is 7.02. The van der Waals surface area contributed by atoms with E-state index in [0.717, 1.165) is 0 Å². The molecule has 2 nitrogen and oxygen atoms in total. The van der Waals surface area contributed by atoms with Crippen molar-refractivity contribution in [1.29, 1.82) is 0 Å². The zero-order valence-electron chi connectivity index (χ0n) is 12.4. The van der Waals surface area contributed by atoms with Crippen molar-refractivity contribution in [3.8, 4) is 0 Å². The smallest absolute Gasteiger partial charge is 0.337 e. The topological polar surface area (TPSA) is 26.3 Å². The highest BCUT2D eigenvalue weighted by Gasteiger charge is 2.30. The molecule has 0 amide bonds. The van der Waals surface area contributed by atoms with Crippen molar-refractivity contribution in [2.24, 2.45) is 5.92 Å². The second-order valence-electron chi connectivity index (χ2n) is 5.51. The Balaban J connectivity index is 2.23. The second-order valence-corrected chi connectivity index (χ2v) is 7.10. The van der Waals surface area contributed by atoms with E-state index in [9.17, 15) is 4.79 Å². The molecule has 3 atom stereocenters. The molecule has 0 saturated carbocycles. The maximum absolute atomic E-state index is 11.5. The SMILES string of the molecule is C=C(C)[C@@H]1CC[C@@H](C)S[C@H]1c1ccc(C(=O)OC)cc1. The highest BCUT2D eigenvalue weighted by atomic mass is 32.2. The summed E-state index contributed by atoms with van der Waals surface area (Å²) < 4.78 is 4.74. The maximum Gasteiger partial charge on any atom is 0.337 e. The molecule has 1 aliphatic heterocycles. The molecule has 0 radical (unpaired) electrons. The van der Waals surface area contributed by atoms with Crippen LogP contribution in [-0.2, 0) is 4.74 Å². The first-order valence-corrected chi connectivity index (χ1v) is 7.96. The Morgan fingerprint density at radius 1 is 1.30 bits per heavy atom. The molecule has 3 heteroatoms. The molecule has 0 unspecified atom stereocenters. The molecular formula is C17H22O2S. The van der Waals surface area contributed by atoms with Gasteiger partial charge in [-0.05, 0) is 43.4 Å². The molecule has 0 bridgehead atoms. The molecular weight excluding hydrogens is 268 g/mol. The van der Waals surface area contributed by atoms with Gasteiger partial charge in [-0.25, -0.2) is 4.79 Å². The largest absolute Gasteiger partial charge is 0.465 e. The second kappa shape index (κ2) is 6.49. The zero-order valence-corrected chi connectivity index (χ0v) is 13.2. The minimum atomic E-state index is -0.280. The number of methoxy groups -OCH3 is 1. The van der Waals surface area contributed by atoms with Gasteiger partial charge in [-0.1, -0.05) is 31.2 Å². The van der Waals surface area contributed by atoms with Crippen molar-refractivity contribution < 1.29 is 9.53 Å². The van der Waals surface area contributed by atoms with Gasteiger partial charge in [0.2, 0.25) is 0 Å². The number of ether oxygens (including phenoxy) is 1. The van der Waals surface area contributed by atoms with Gasteiger partial charge in [0.15, 0.2) is 0 Å². The van der Waals surface area contributed by atoms with Crippen LogP contribution in [0.25, 0.3) is 0 Å². The predicted molar refractivity (Wildman–Crippen MR) is 85.1 cm³/mol. The van der Waals surface area contributed by atoms with E-state index in [2.05, 4.69) is 32.6 Å². The highest BCUT2D eigenvalue weighted by Crippen LogP contribution is 2.48. The highest BCUT2D eigenvalue weighted by molar-refractivity contribution is 8.00. The van der Waals surface area contributed by atoms with E-state index >= 15 is 0 Å². The average molecular weight is 290 g/mol.